The molecule has 5 heteroatoms. The highest BCUT2D eigenvalue weighted by Crippen LogP contribution is 2.19. The van der Waals surface area contributed by atoms with Crippen LogP contribution in [-0.4, -0.2) is 17.0 Å². The number of rotatable bonds is 4. The molecule has 1 N–H and O–H groups in total. The number of hydrogen-bond acceptors (Lipinski definition) is 3. The molecule has 0 atom stereocenters. The standard InChI is InChI=1S/C17H20N2O3/c1-19-14-8-7-13(11-15(14)22-17(19)21)16(20)18-10-9-12-5-3-2-4-6-12/h5,7-8,11H,2-4,6,9-10H2,1H3,(H,18,20). The summed E-state index contributed by atoms with van der Waals surface area (Å²) < 4.78 is 6.53. The van der Waals surface area contributed by atoms with E-state index in [2.05, 4.69) is 11.4 Å². The number of hydrogen-bond donors (Lipinski definition) is 1. The van der Waals surface area contributed by atoms with E-state index in [1.807, 2.05) is 0 Å². The fourth-order valence-corrected chi connectivity index (χ4v) is 2.85. The van der Waals surface area contributed by atoms with E-state index in [1.54, 1.807) is 25.2 Å². The molecule has 1 aromatic carbocycles. The van der Waals surface area contributed by atoms with E-state index in [1.165, 1.54) is 23.0 Å². The number of nitrogens with one attached hydrogen (secondary N) is 1. The van der Waals surface area contributed by atoms with Crippen molar-refractivity contribution in [3.63, 3.8) is 0 Å². The lowest BCUT2D eigenvalue weighted by Gasteiger charge is -2.12. The van der Waals surface area contributed by atoms with Crippen LogP contribution in [0.1, 0.15) is 42.5 Å². The van der Waals surface area contributed by atoms with Crippen LogP contribution in [0.4, 0.5) is 0 Å². The summed E-state index contributed by atoms with van der Waals surface area (Å²) in [5.74, 6) is -0.554. The predicted molar refractivity (Wildman–Crippen MR) is 85.0 cm³/mol. The fourth-order valence-electron chi connectivity index (χ4n) is 2.85. The Labute approximate surface area is 128 Å². The van der Waals surface area contributed by atoms with Crippen molar-refractivity contribution in [3.8, 4) is 0 Å². The summed E-state index contributed by atoms with van der Waals surface area (Å²) in [5.41, 5.74) is 3.08. The molecule has 0 radical (unpaired) electrons. The number of benzene rings is 1. The first-order chi connectivity index (χ1) is 10.6. The maximum Gasteiger partial charge on any atom is 0.419 e. The highest BCUT2D eigenvalue weighted by Gasteiger charge is 2.11. The summed E-state index contributed by atoms with van der Waals surface area (Å²) in [4.78, 5) is 23.6. The number of aromatic nitrogens is 1. The largest absolute Gasteiger partial charge is 0.419 e. The van der Waals surface area contributed by atoms with Crippen molar-refractivity contribution in [2.45, 2.75) is 32.1 Å². The van der Waals surface area contributed by atoms with Crippen LogP contribution in [0.2, 0.25) is 0 Å². The summed E-state index contributed by atoms with van der Waals surface area (Å²) in [6.07, 6.45) is 8.04. The number of allylic oxidation sites excluding steroid dienone is 1. The first kappa shape index (κ1) is 14.6. The molecule has 0 saturated carbocycles. The van der Waals surface area contributed by atoms with E-state index in [9.17, 15) is 9.59 Å². The van der Waals surface area contributed by atoms with E-state index in [-0.39, 0.29) is 5.91 Å². The molecule has 0 spiro atoms. The minimum Gasteiger partial charge on any atom is -0.408 e. The number of carbonyl (C=O) groups is 1. The van der Waals surface area contributed by atoms with E-state index in [4.69, 9.17) is 4.42 Å². The van der Waals surface area contributed by atoms with Gasteiger partial charge in [0.15, 0.2) is 5.58 Å². The molecule has 0 bridgehead atoms. The second kappa shape index (κ2) is 6.22. The predicted octanol–water partition coefficient (Wildman–Crippen LogP) is 2.75. The fraction of sp³-hybridized carbons (Fsp3) is 0.412. The SMILES string of the molecule is Cn1c(=O)oc2cc(C(=O)NCCC3=CCCCC3)ccc21. The third kappa shape index (κ3) is 2.98. The Kier molecular flexibility index (Phi) is 4.13. The average Bonchev–Trinajstić information content (AvgIpc) is 2.82. The van der Waals surface area contributed by atoms with Crippen LogP contribution in [-0.2, 0) is 7.05 Å². The van der Waals surface area contributed by atoms with E-state index < -0.39 is 5.76 Å². The molecule has 1 aromatic heterocycles. The molecule has 1 heterocycles. The lowest BCUT2D eigenvalue weighted by molar-refractivity contribution is 0.0954. The summed E-state index contributed by atoms with van der Waals surface area (Å²) in [6, 6.07) is 5.07. The zero-order valence-corrected chi connectivity index (χ0v) is 12.7. The number of fused-ring (bicyclic) bond motifs is 1. The Morgan fingerprint density at radius 2 is 2.23 bits per heavy atom. The van der Waals surface area contributed by atoms with Crippen molar-refractivity contribution in [2.75, 3.05) is 6.54 Å². The molecule has 2 aromatic rings. The van der Waals surface area contributed by atoms with Gasteiger partial charge in [0.05, 0.1) is 5.52 Å². The zero-order chi connectivity index (χ0) is 15.5. The molecule has 0 unspecified atom stereocenters. The number of aryl methyl sites for hydroxylation is 1. The normalized spacial score (nSPS) is 14.9. The van der Waals surface area contributed by atoms with Gasteiger partial charge in [0.2, 0.25) is 0 Å². The third-order valence-corrected chi connectivity index (χ3v) is 4.17. The van der Waals surface area contributed by atoms with Gasteiger partial charge in [0.1, 0.15) is 0 Å². The lowest BCUT2D eigenvalue weighted by atomic mass is 9.97. The van der Waals surface area contributed by atoms with E-state index >= 15 is 0 Å². The molecule has 22 heavy (non-hydrogen) atoms. The van der Waals surface area contributed by atoms with Crippen molar-refractivity contribution in [3.05, 3.63) is 46.0 Å². The van der Waals surface area contributed by atoms with Gasteiger partial charge < -0.3 is 9.73 Å². The maximum absolute atomic E-state index is 12.2. The third-order valence-electron chi connectivity index (χ3n) is 4.17. The number of nitrogens with zero attached hydrogens (tertiary/aromatic N) is 1. The van der Waals surface area contributed by atoms with Crippen molar-refractivity contribution >= 4 is 17.0 Å². The minimum absolute atomic E-state index is 0.134. The van der Waals surface area contributed by atoms with Gasteiger partial charge in [-0.1, -0.05) is 11.6 Å². The number of oxazole rings is 1. The Balaban J connectivity index is 1.64. The molecule has 0 fully saturated rings. The van der Waals surface area contributed by atoms with Crippen LogP contribution >= 0.6 is 0 Å². The Morgan fingerprint density at radius 3 is 3.00 bits per heavy atom. The first-order valence-corrected chi connectivity index (χ1v) is 7.71. The molecule has 0 saturated heterocycles. The molecule has 116 valence electrons. The van der Waals surface area contributed by atoms with Gasteiger partial charge in [-0.2, -0.15) is 0 Å². The second-order valence-electron chi connectivity index (χ2n) is 5.72. The van der Waals surface area contributed by atoms with E-state index in [0.717, 1.165) is 19.3 Å². The molecular weight excluding hydrogens is 280 g/mol. The minimum atomic E-state index is -0.420. The van der Waals surface area contributed by atoms with Crippen LogP contribution in [0, 0.1) is 0 Å². The smallest absolute Gasteiger partial charge is 0.408 e. The van der Waals surface area contributed by atoms with Crippen molar-refractivity contribution in [2.24, 2.45) is 7.05 Å². The van der Waals surface area contributed by atoms with Crippen LogP contribution in [0.3, 0.4) is 0 Å². The summed E-state index contributed by atoms with van der Waals surface area (Å²) >= 11 is 0. The Morgan fingerprint density at radius 1 is 1.36 bits per heavy atom. The molecule has 1 aliphatic carbocycles. The van der Waals surface area contributed by atoms with Crippen LogP contribution in [0.25, 0.3) is 11.1 Å². The van der Waals surface area contributed by atoms with Gasteiger partial charge in [-0.15, -0.1) is 0 Å². The van der Waals surface area contributed by atoms with Gasteiger partial charge in [-0.25, -0.2) is 4.79 Å². The topological polar surface area (TPSA) is 64.2 Å². The van der Waals surface area contributed by atoms with Crippen LogP contribution < -0.4 is 11.1 Å². The first-order valence-electron chi connectivity index (χ1n) is 7.71. The Hall–Kier alpha value is -2.30. The summed E-state index contributed by atoms with van der Waals surface area (Å²) in [5, 5.41) is 2.93. The van der Waals surface area contributed by atoms with Crippen molar-refractivity contribution in [1.29, 1.82) is 0 Å². The van der Waals surface area contributed by atoms with Crippen molar-refractivity contribution < 1.29 is 9.21 Å². The van der Waals surface area contributed by atoms with Gasteiger partial charge >= 0.3 is 5.76 Å². The Bertz CT molecular complexity index is 783. The van der Waals surface area contributed by atoms with Gasteiger partial charge in [0.25, 0.3) is 5.91 Å². The lowest BCUT2D eigenvalue weighted by Crippen LogP contribution is -2.24. The van der Waals surface area contributed by atoms with Crippen LogP contribution in [0.5, 0.6) is 0 Å². The van der Waals surface area contributed by atoms with Crippen LogP contribution in [0.15, 0.2) is 39.1 Å². The quantitative estimate of drug-likeness (QED) is 0.883. The van der Waals surface area contributed by atoms with E-state index in [0.29, 0.717) is 23.2 Å². The average molecular weight is 300 g/mol. The molecule has 1 aliphatic rings. The van der Waals surface area contributed by atoms with Gasteiger partial charge in [0, 0.05) is 19.2 Å². The van der Waals surface area contributed by atoms with Gasteiger partial charge in [-0.3, -0.25) is 9.36 Å². The highest BCUT2D eigenvalue weighted by molar-refractivity contribution is 5.97. The molecule has 1 amide bonds. The molecule has 3 rings (SSSR count). The monoisotopic (exact) mass is 300 g/mol. The second-order valence-corrected chi connectivity index (χ2v) is 5.72. The molecule has 0 aliphatic heterocycles. The molecule has 5 nitrogen and oxygen atoms in total. The number of amides is 1. The summed E-state index contributed by atoms with van der Waals surface area (Å²) in [7, 11) is 1.64. The summed E-state index contributed by atoms with van der Waals surface area (Å²) in [6.45, 7) is 0.640. The van der Waals surface area contributed by atoms with Gasteiger partial charge in [-0.05, 0) is 50.3 Å². The number of carbonyl (C=O) groups excluding carboxylic acids is 1. The molecular formula is C17H20N2O3. The highest BCUT2D eigenvalue weighted by atomic mass is 16.4. The maximum atomic E-state index is 12.2. The zero-order valence-electron chi connectivity index (χ0n) is 12.7. The van der Waals surface area contributed by atoms with Crippen molar-refractivity contribution in [1.82, 2.24) is 9.88 Å².